The summed E-state index contributed by atoms with van der Waals surface area (Å²) in [5.74, 6) is -0.0193. The second kappa shape index (κ2) is 8.97. The van der Waals surface area contributed by atoms with Gasteiger partial charge < -0.3 is 14.8 Å². The third-order valence-electron chi connectivity index (χ3n) is 4.57. The van der Waals surface area contributed by atoms with Gasteiger partial charge in [-0.1, -0.05) is 38.8 Å². The summed E-state index contributed by atoms with van der Waals surface area (Å²) in [5.41, 5.74) is 0.128. The van der Waals surface area contributed by atoms with Crippen LogP contribution in [0.5, 0.6) is 5.75 Å². The molecule has 1 fully saturated rings. The van der Waals surface area contributed by atoms with E-state index in [-0.39, 0.29) is 29.4 Å². The monoisotopic (exact) mass is 341 g/mol. The van der Waals surface area contributed by atoms with E-state index in [1.165, 1.54) is 12.1 Å². The Labute approximate surface area is 141 Å². The Morgan fingerprint density at radius 1 is 1.33 bits per heavy atom. The van der Waals surface area contributed by atoms with Crippen molar-refractivity contribution >= 4 is 5.91 Å². The fraction of sp³-hybridized carbons (Fsp3) is 0.611. The van der Waals surface area contributed by atoms with Crippen molar-refractivity contribution in [1.82, 2.24) is 5.32 Å². The maximum absolute atomic E-state index is 12.5. The molecule has 1 aromatic carbocycles. The van der Waals surface area contributed by atoms with Gasteiger partial charge in [0.2, 0.25) is 0 Å². The smallest absolute Gasteiger partial charge is 0.387 e. The number of alkyl halides is 2. The molecule has 0 aromatic heterocycles. The van der Waals surface area contributed by atoms with Gasteiger partial charge in [-0.15, -0.1) is 0 Å². The number of ether oxygens (including phenoxy) is 2. The highest BCUT2D eigenvalue weighted by Crippen LogP contribution is 2.26. The minimum Gasteiger partial charge on any atom is -0.434 e. The number of benzene rings is 1. The van der Waals surface area contributed by atoms with E-state index in [1.807, 2.05) is 0 Å². The van der Waals surface area contributed by atoms with E-state index in [9.17, 15) is 13.6 Å². The van der Waals surface area contributed by atoms with Gasteiger partial charge in [-0.3, -0.25) is 4.79 Å². The number of amides is 1. The van der Waals surface area contributed by atoms with Gasteiger partial charge in [0.1, 0.15) is 5.75 Å². The van der Waals surface area contributed by atoms with Crippen molar-refractivity contribution in [1.29, 1.82) is 0 Å². The molecule has 0 bridgehead atoms. The molecule has 2 atom stereocenters. The number of para-hydroxylation sites is 1. The van der Waals surface area contributed by atoms with Crippen LogP contribution >= 0.6 is 0 Å². The molecule has 0 saturated carbocycles. The first-order valence-corrected chi connectivity index (χ1v) is 8.51. The standard InChI is InChI=1S/C18H25F2NO3/c1-3-12(4-2)16-11-13(9-10-23-16)21-17(22)14-7-5-6-8-15(14)24-18(19)20/h5-8,12-13,16,18H,3-4,9-11H2,1-2H3,(H,21,22)/t13-,16-/m1/s1. The van der Waals surface area contributed by atoms with Crippen LogP contribution < -0.4 is 10.1 Å². The largest absolute Gasteiger partial charge is 0.434 e. The van der Waals surface area contributed by atoms with E-state index >= 15 is 0 Å². The molecule has 1 aliphatic rings. The maximum atomic E-state index is 12.5. The highest BCUT2D eigenvalue weighted by molar-refractivity contribution is 5.97. The summed E-state index contributed by atoms with van der Waals surface area (Å²) < 4.78 is 35.2. The van der Waals surface area contributed by atoms with Gasteiger partial charge >= 0.3 is 6.61 Å². The minimum atomic E-state index is -2.96. The van der Waals surface area contributed by atoms with Crippen LogP contribution in [0.15, 0.2) is 24.3 Å². The molecule has 0 unspecified atom stereocenters. The van der Waals surface area contributed by atoms with Crippen LogP contribution in [0.3, 0.4) is 0 Å². The highest BCUT2D eigenvalue weighted by atomic mass is 19.3. The Morgan fingerprint density at radius 2 is 2.04 bits per heavy atom. The molecule has 0 radical (unpaired) electrons. The van der Waals surface area contributed by atoms with Crippen LogP contribution in [-0.4, -0.2) is 31.3 Å². The van der Waals surface area contributed by atoms with E-state index in [0.29, 0.717) is 12.5 Å². The van der Waals surface area contributed by atoms with E-state index < -0.39 is 6.61 Å². The predicted octanol–water partition coefficient (Wildman–Crippen LogP) is 4.00. The highest BCUT2D eigenvalue weighted by Gasteiger charge is 2.29. The van der Waals surface area contributed by atoms with Crippen molar-refractivity contribution in [3.8, 4) is 5.75 Å². The summed E-state index contributed by atoms with van der Waals surface area (Å²) in [6.45, 7) is 1.91. The summed E-state index contributed by atoms with van der Waals surface area (Å²) in [7, 11) is 0. The van der Waals surface area contributed by atoms with Gasteiger partial charge in [0, 0.05) is 12.6 Å². The van der Waals surface area contributed by atoms with Crippen molar-refractivity contribution in [2.24, 2.45) is 5.92 Å². The number of nitrogens with one attached hydrogen (secondary N) is 1. The van der Waals surface area contributed by atoms with Crippen LogP contribution in [0.4, 0.5) is 8.78 Å². The van der Waals surface area contributed by atoms with Gasteiger partial charge in [-0.2, -0.15) is 8.78 Å². The van der Waals surface area contributed by atoms with Gasteiger partial charge in [0.05, 0.1) is 11.7 Å². The van der Waals surface area contributed by atoms with E-state index in [2.05, 4.69) is 23.9 Å². The Balaban J connectivity index is 2.02. The zero-order valence-corrected chi connectivity index (χ0v) is 14.1. The first-order valence-electron chi connectivity index (χ1n) is 8.51. The third-order valence-corrected chi connectivity index (χ3v) is 4.57. The van der Waals surface area contributed by atoms with E-state index in [1.54, 1.807) is 12.1 Å². The lowest BCUT2D eigenvalue weighted by molar-refractivity contribution is -0.0502. The van der Waals surface area contributed by atoms with Crippen LogP contribution in [0, 0.1) is 5.92 Å². The molecule has 2 rings (SSSR count). The number of hydrogen-bond donors (Lipinski definition) is 1. The molecule has 1 N–H and O–H groups in total. The minimum absolute atomic E-state index is 0.0172. The van der Waals surface area contributed by atoms with Crippen molar-refractivity contribution < 1.29 is 23.0 Å². The van der Waals surface area contributed by atoms with Gasteiger partial charge in [-0.25, -0.2) is 0 Å². The second-order valence-corrected chi connectivity index (χ2v) is 6.06. The summed E-state index contributed by atoms with van der Waals surface area (Å²) >= 11 is 0. The maximum Gasteiger partial charge on any atom is 0.387 e. The molecule has 1 amide bonds. The zero-order chi connectivity index (χ0) is 17.5. The van der Waals surface area contributed by atoms with Crippen LogP contribution in [0.1, 0.15) is 49.9 Å². The van der Waals surface area contributed by atoms with Gasteiger partial charge in [-0.05, 0) is 30.9 Å². The Morgan fingerprint density at radius 3 is 2.71 bits per heavy atom. The molecule has 4 nitrogen and oxygen atoms in total. The average Bonchev–Trinajstić information content (AvgIpc) is 2.56. The summed E-state index contributed by atoms with van der Waals surface area (Å²) in [6, 6.07) is 6.04. The molecular weight excluding hydrogens is 316 g/mol. The number of carbonyl (C=O) groups is 1. The lowest BCUT2D eigenvalue weighted by atomic mass is 9.89. The van der Waals surface area contributed by atoms with Crippen molar-refractivity contribution in [2.75, 3.05) is 6.61 Å². The summed E-state index contributed by atoms with van der Waals surface area (Å²) in [4.78, 5) is 12.5. The van der Waals surface area contributed by atoms with Crippen molar-refractivity contribution in [3.05, 3.63) is 29.8 Å². The molecule has 1 aromatic rings. The number of hydrogen-bond acceptors (Lipinski definition) is 3. The number of halogens is 2. The van der Waals surface area contributed by atoms with Crippen LogP contribution in [0.2, 0.25) is 0 Å². The van der Waals surface area contributed by atoms with Crippen LogP contribution in [-0.2, 0) is 4.74 Å². The molecule has 1 aliphatic heterocycles. The second-order valence-electron chi connectivity index (χ2n) is 6.06. The predicted molar refractivity (Wildman–Crippen MR) is 87.4 cm³/mol. The quantitative estimate of drug-likeness (QED) is 0.815. The fourth-order valence-electron chi connectivity index (χ4n) is 3.22. The Bertz CT molecular complexity index is 535. The lowest BCUT2D eigenvalue weighted by Gasteiger charge is -2.34. The zero-order valence-electron chi connectivity index (χ0n) is 14.1. The Kier molecular flexibility index (Phi) is 6.97. The van der Waals surface area contributed by atoms with Crippen molar-refractivity contribution in [3.63, 3.8) is 0 Å². The molecule has 0 spiro atoms. The molecule has 1 heterocycles. The van der Waals surface area contributed by atoms with Gasteiger partial charge in [0.15, 0.2) is 0 Å². The van der Waals surface area contributed by atoms with E-state index in [4.69, 9.17) is 4.74 Å². The van der Waals surface area contributed by atoms with Crippen molar-refractivity contribution in [2.45, 2.75) is 58.3 Å². The third kappa shape index (κ3) is 4.90. The number of carbonyl (C=O) groups excluding carboxylic acids is 1. The van der Waals surface area contributed by atoms with E-state index in [0.717, 1.165) is 25.7 Å². The average molecular weight is 341 g/mol. The Hall–Kier alpha value is -1.69. The number of rotatable bonds is 7. The fourth-order valence-corrected chi connectivity index (χ4v) is 3.22. The molecule has 134 valence electrons. The molecule has 0 aliphatic carbocycles. The molecular formula is C18H25F2NO3. The molecule has 6 heteroatoms. The molecule has 24 heavy (non-hydrogen) atoms. The summed E-state index contributed by atoms with van der Waals surface area (Å²) in [5, 5.41) is 2.94. The van der Waals surface area contributed by atoms with Crippen LogP contribution in [0.25, 0.3) is 0 Å². The van der Waals surface area contributed by atoms with Gasteiger partial charge in [0.25, 0.3) is 5.91 Å². The summed E-state index contributed by atoms with van der Waals surface area (Å²) in [6.07, 6.45) is 3.67. The molecule has 1 saturated heterocycles. The normalized spacial score (nSPS) is 21.1. The lowest BCUT2D eigenvalue weighted by Crippen LogP contribution is -2.44. The topological polar surface area (TPSA) is 47.6 Å². The first kappa shape index (κ1) is 18.6. The first-order chi connectivity index (χ1) is 11.5. The SMILES string of the molecule is CCC(CC)[C@H]1C[C@H](NC(=O)c2ccccc2OC(F)F)CCO1.